The van der Waals surface area contributed by atoms with Crippen LogP contribution < -0.4 is 10.6 Å². The summed E-state index contributed by atoms with van der Waals surface area (Å²) in [5, 5.41) is 14.5. The number of carbonyl (C=O) groups excluding carboxylic acids is 2. The molecule has 2 aromatic carbocycles. The van der Waals surface area contributed by atoms with Crippen LogP contribution in [0.3, 0.4) is 0 Å². The lowest BCUT2D eigenvalue weighted by Gasteiger charge is -2.25. The number of rotatable bonds is 9. The highest BCUT2D eigenvalue weighted by atomic mass is 16.5. The number of ether oxygens (including phenoxy) is 1. The SMILES string of the molecule is CCC(NC(=O)C(CCC(C)(C)C)NC(=O)OCC1c2ccccc2-c2ccccc21)C(=O)O. The van der Waals surface area contributed by atoms with Gasteiger partial charge < -0.3 is 20.5 Å². The van der Waals surface area contributed by atoms with E-state index in [0.717, 1.165) is 22.3 Å². The lowest BCUT2D eigenvalue weighted by atomic mass is 9.88. The predicted octanol–water partition coefficient (Wildman–Crippen LogP) is 4.70. The van der Waals surface area contributed by atoms with Gasteiger partial charge in [-0.05, 0) is 46.9 Å². The third-order valence-electron chi connectivity index (χ3n) is 6.16. The van der Waals surface area contributed by atoms with Crippen LogP contribution in [-0.4, -0.2) is 41.8 Å². The number of amides is 2. The van der Waals surface area contributed by atoms with Crippen molar-refractivity contribution in [2.45, 2.75) is 65.0 Å². The van der Waals surface area contributed by atoms with Crippen molar-refractivity contribution < 1.29 is 24.2 Å². The zero-order chi connectivity index (χ0) is 24.9. The topological polar surface area (TPSA) is 105 Å². The first-order valence-corrected chi connectivity index (χ1v) is 11.8. The Bertz CT molecular complexity index is 998. The molecule has 0 spiro atoms. The number of carbonyl (C=O) groups is 3. The standard InChI is InChI=1S/C27H34N2O5/c1-5-22(25(31)32)28-24(30)23(14-15-27(2,3)4)29-26(33)34-16-21-19-12-8-6-10-17(19)18-11-7-9-13-20(18)21/h6-13,21-23H,5,14-16H2,1-4H3,(H,28,30)(H,29,33)(H,31,32). The van der Waals surface area contributed by atoms with Gasteiger partial charge in [-0.3, -0.25) is 4.79 Å². The van der Waals surface area contributed by atoms with Crippen molar-refractivity contribution >= 4 is 18.0 Å². The maximum Gasteiger partial charge on any atom is 0.407 e. The first-order valence-electron chi connectivity index (χ1n) is 11.8. The van der Waals surface area contributed by atoms with E-state index in [9.17, 15) is 19.5 Å². The average Bonchev–Trinajstić information content (AvgIpc) is 3.11. The molecule has 1 aliphatic rings. The number of carboxylic acid groups (broad SMARTS) is 1. The van der Waals surface area contributed by atoms with Crippen LogP contribution in [-0.2, 0) is 14.3 Å². The van der Waals surface area contributed by atoms with E-state index in [1.165, 1.54) is 0 Å². The van der Waals surface area contributed by atoms with E-state index in [1.807, 2.05) is 57.2 Å². The second-order valence-corrected chi connectivity index (χ2v) is 9.93. The van der Waals surface area contributed by atoms with Gasteiger partial charge in [0.05, 0.1) is 0 Å². The van der Waals surface area contributed by atoms with Gasteiger partial charge in [-0.1, -0.05) is 76.2 Å². The van der Waals surface area contributed by atoms with Crippen LogP contribution in [0.1, 0.15) is 64.0 Å². The fourth-order valence-electron chi connectivity index (χ4n) is 4.24. The number of fused-ring (bicyclic) bond motifs is 3. The number of aliphatic carboxylic acids is 1. The molecule has 2 amide bonds. The maximum absolute atomic E-state index is 12.8. The number of nitrogens with one attached hydrogen (secondary N) is 2. The minimum Gasteiger partial charge on any atom is -0.480 e. The van der Waals surface area contributed by atoms with Gasteiger partial charge in [0.25, 0.3) is 0 Å². The van der Waals surface area contributed by atoms with E-state index < -0.39 is 30.1 Å². The normalized spacial score (nSPS) is 14.5. The van der Waals surface area contributed by atoms with Crippen LogP contribution in [0.5, 0.6) is 0 Å². The van der Waals surface area contributed by atoms with Crippen LogP contribution >= 0.6 is 0 Å². The van der Waals surface area contributed by atoms with E-state index in [1.54, 1.807) is 6.92 Å². The molecule has 0 aromatic heterocycles. The van der Waals surface area contributed by atoms with E-state index in [-0.39, 0.29) is 24.4 Å². The molecule has 2 aromatic rings. The van der Waals surface area contributed by atoms with E-state index in [2.05, 4.69) is 22.8 Å². The molecule has 0 radical (unpaired) electrons. The van der Waals surface area contributed by atoms with E-state index in [4.69, 9.17) is 4.74 Å². The monoisotopic (exact) mass is 466 g/mol. The number of alkyl carbamates (subject to hydrolysis) is 1. The molecule has 3 rings (SSSR count). The summed E-state index contributed by atoms with van der Waals surface area (Å²) in [5.41, 5.74) is 4.41. The predicted molar refractivity (Wildman–Crippen MR) is 131 cm³/mol. The lowest BCUT2D eigenvalue weighted by molar-refractivity contribution is -0.142. The van der Waals surface area contributed by atoms with Crippen LogP contribution in [0.25, 0.3) is 11.1 Å². The number of hydrogen-bond acceptors (Lipinski definition) is 4. The van der Waals surface area contributed by atoms with E-state index in [0.29, 0.717) is 12.8 Å². The van der Waals surface area contributed by atoms with Gasteiger partial charge in [0, 0.05) is 5.92 Å². The Hall–Kier alpha value is -3.35. The van der Waals surface area contributed by atoms with Crippen molar-refractivity contribution in [3.05, 3.63) is 59.7 Å². The molecule has 0 fully saturated rings. The van der Waals surface area contributed by atoms with Crippen LogP contribution in [0.15, 0.2) is 48.5 Å². The summed E-state index contributed by atoms with van der Waals surface area (Å²) in [6.45, 7) is 7.95. The number of carboxylic acids is 1. The summed E-state index contributed by atoms with van der Waals surface area (Å²) >= 11 is 0. The summed E-state index contributed by atoms with van der Waals surface area (Å²) in [6, 6.07) is 14.2. The summed E-state index contributed by atoms with van der Waals surface area (Å²) in [6.07, 6.45) is 0.589. The van der Waals surface area contributed by atoms with Crippen molar-refractivity contribution in [2.75, 3.05) is 6.61 Å². The summed E-state index contributed by atoms with van der Waals surface area (Å²) in [7, 11) is 0. The Morgan fingerprint density at radius 2 is 1.50 bits per heavy atom. The smallest absolute Gasteiger partial charge is 0.407 e. The fourth-order valence-corrected chi connectivity index (χ4v) is 4.24. The molecule has 0 saturated carbocycles. The Morgan fingerprint density at radius 1 is 0.941 bits per heavy atom. The molecular weight excluding hydrogens is 432 g/mol. The van der Waals surface area contributed by atoms with Gasteiger partial charge in [0.1, 0.15) is 18.7 Å². The quantitative estimate of drug-likeness (QED) is 0.497. The Morgan fingerprint density at radius 3 is 2.00 bits per heavy atom. The van der Waals surface area contributed by atoms with E-state index >= 15 is 0 Å². The maximum atomic E-state index is 12.8. The van der Waals surface area contributed by atoms with Crippen LogP contribution in [0, 0.1) is 5.41 Å². The van der Waals surface area contributed by atoms with Crippen molar-refractivity contribution in [1.29, 1.82) is 0 Å². The molecule has 0 saturated heterocycles. The number of hydrogen-bond donors (Lipinski definition) is 3. The zero-order valence-corrected chi connectivity index (χ0v) is 20.3. The molecule has 0 aliphatic heterocycles. The minimum absolute atomic E-state index is 0.0572. The molecular formula is C27H34N2O5. The van der Waals surface area contributed by atoms with Crippen molar-refractivity contribution in [1.82, 2.24) is 10.6 Å². The molecule has 0 heterocycles. The summed E-state index contributed by atoms with van der Waals surface area (Å²) < 4.78 is 5.58. The second kappa shape index (κ2) is 10.7. The molecule has 7 nitrogen and oxygen atoms in total. The first-order chi connectivity index (χ1) is 16.1. The van der Waals surface area contributed by atoms with Crippen molar-refractivity contribution in [2.24, 2.45) is 5.41 Å². The molecule has 0 bridgehead atoms. The highest BCUT2D eigenvalue weighted by Crippen LogP contribution is 2.44. The van der Waals surface area contributed by atoms with Crippen LogP contribution in [0.4, 0.5) is 4.79 Å². The number of benzene rings is 2. The average molecular weight is 467 g/mol. The highest BCUT2D eigenvalue weighted by molar-refractivity contribution is 5.89. The third-order valence-corrected chi connectivity index (χ3v) is 6.16. The Labute approximate surface area is 200 Å². The minimum atomic E-state index is -1.11. The second-order valence-electron chi connectivity index (χ2n) is 9.93. The van der Waals surface area contributed by atoms with Crippen LogP contribution in [0.2, 0.25) is 0 Å². The van der Waals surface area contributed by atoms with Crippen molar-refractivity contribution in [3.8, 4) is 11.1 Å². The van der Waals surface area contributed by atoms with Gasteiger partial charge >= 0.3 is 12.1 Å². The molecule has 2 atom stereocenters. The highest BCUT2D eigenvalue weighted by Gasteiger charge is 2.31. The summed E-state index contributed by atoms with van der Waals surface area (Å²) in [4.78, 5) is 36.9. The first kappa shape index (κ1) is 25.3. The largest absolute Gasteiger partial charge is 0.480 e. The molecule has 1 aliphatic carbocycles. The van der Waals surface area contributed by atoms with Gasteiger partial charge in [-0.25, -0.2) is 9.59 Å². The van der Waals surface area contributed by atoms with Gasteiger partial charge in [0.15, 0.2) is 0 Å². The zero-order valence-electron chi connectivity index (χ0n) is 20.3. The molecule has 2 unspecified atom stereocenters. The lowest BCUT2D eigenvalue weighted by Crippen LogP contribution is -2.51. The molecule has 7 heteroatoms. The Kier molecular flexibility index (Phi) is 7.97. The van der Waals surface area contributed by atoms with Gasteiger partial charge in [-0.15, -0.1) is 0 Å². The van der Waals surface area contributed by atoms with Crippen molar-refractivity contribution in [3.63, 3.8) is 0 Å². The third kappa shape index (κ3) is 6.16. The molecule has 3 N–H and O–H groups in total. The Balaban J connectivity index is 1.68. The summed E-state index contributed by atoms with van der Waals surface area (Å²) in [5.74, 6) is -1.71. The molecule has 34 heavy (non-hydrogen) atoms. The molecule has 182 valence electrons. The van der Waals surface area contributed by atoms with Gasteiger partial charge in [0.2, 0.25) is 5.91 Å². The fraction of sp³-hybridized carbons (Fsp3) is 0.444. The van der Waals surface area contributed by atoms with Gasteiger partial charge in [-0.2, -0.15) is 0 Å².